The fourth-order valence-corrected chi connectivity index (χ4v) is 3.64. The van der Waals surface area contributed by atoms with E-state index in [2.05, 4.69) is 4.98 Å². The van der Waals surface area contributed by atoms with Crippen molar-refractivity contribution in [1.82, 2.24) is 4.98 Å². The molecule has 0 spiro atoms. The molecule has 0 amide bonds. The summed E-state index contributed by atoms with van der Waals surface area (Å²) in [6, 6.07) is 6.63. The minimum atomic E-state index is -3.70. The number of aromatic nitrogens is 1. The highest BCUT2D eigenvalue weighted by Gasteiger charge is 2.16. The number of hydrogen-bond donors (Lipinski definition) is 0. The molecule has 0 aliphatic carbocycles. The molecule has 0 aliphatic heterocycles. The van der Waals surface area contributed by atoms with Crippen LogP contribution >= 0.6 is 11.3 Å². The van der Waals surface area contributed by atoms with E-state index in [1.54, 1.807) is 35.6 Å². The zero-order valence-corrected chi connectivity index (χ0v) is 14.8. The lowest BCUT2D eigenvalue weighted by molar-refractivity contribution is 0.321. The molecular formula is C15H20N2O3S2. The maximum absolute atomic E-state index is 12.1. The van der Waals surface area contributed by atoms with Gasteiger partial charge in [-0.15, -0.1) is 11.3 Å². The topological polar surface area (TPSA) is 59.5 Å². The van der Waals surface area contributed by atoms with Gasteiger partial charge in [0.15, 0.2) is 5.13 Å². The van der Waals surface area contributed by atoms with Gasteiger partial charge in [0.2, 0.25) is 0 Å². The highest BCUT2D eigenvalue weighted by molar-refractivity contribution is 7.86. The predicted molar refractivity (Wildman–Crippen MR) is 89.2 cm³/mol. The minimum Gasteiger partial charge on any atom is -0.354 e. The van der Waals surface area contributed by atoms with Gasteiger partial charge in [0.05, 0.1) is 17.2 Å². The second-order valence-electron chi connectivity index (χ2n) is 5.23. The van der Waals surface area contributed by atoms with Gasteiger partial charge in [-0.3, -0.25) is 4.18 Å². The van der Waals surface area contributed by atoms with Gasteiger partial charge < -0.3 is 4.90 Å². The molecule has 120 valence electrons. The summed E-state index contributed by atoms with van der Waals surface area (Å²) in [4.78, 5) is 7.68. The summed E-state index contributed by atoms with van der Waals surface area (Å²) >= 11 is 1.59. The van der Waals surface area contributed by atoms with Gasteiger partial charge >= 0.3 is 0 Å². The molecule has 5 nitrogen and oxygen atoms in total. The van der Waals surface area contributed by atoms with Crippen LogP contribution in [0.25, 0.3) is 0 Å². The third-order valence-electron chi connectivity index (χ3n) is 3.15. The molecule has 1 heterocycles. The SMILES string of the molecule is Cc1ccc(S(=O)(=O)OCCc2nc(N(C)C)sc2C)cc1. The van der Waals surface area contributed by atoms with Gasteiger partial charge in [0.25, 0.3) is 10.1 Å². The summed E-state index contributed by atoms with van der Waals surface area (Å²) in [5.41, 5.74) is 1.89. The average molecular weight is 340 g/mol. The first-order valence-corrected chi connectivity index (χ1v) is 9.12. The third-order valence-corrected chi connectivity index (χ3v) is 5.66. The number of benzene rings is 1. The maximum Gasteiger partial charge on any atom is 0.296 e. The molecule has 0 unspecified atom stereocenters. The zero-order valence-electron chi connectivity index (χ0n) is 13.2. The molecule has 0 N–H and O–H groups in total. The molecule has 0 saturated carbocycles. The molecular weight excluding hydrogens is 320 g/mol. The summed E-state index contributed by atoms with van der Waals surface area (Å²) in [5, 5.41) is 0.911. The van der Waals surface area contributed by atoms with Gasteiger partial charge in [-0.1, -0.05) is 17.7 Å². The van der Waals surface area contributed by atoms with Crippen molar-refractivity contribution in [3.05, 3.63) is 40.4 Å². The van der Waals surface area contributed by atoms with Gasteiger partial charge in [0.1, 0.15) is 0 Å². The fourth-order valence-electron chi connectivity index (χ4n) is 1.86. The third kappa shape index (κ3) is 4.06. The number of rotatable bonds is 6. The Morgan fingerprint density at radius 1 is 1.18 bits per heavy atom. The van der Waals surface area contributed by atoms with Gasteiger partial charge in [0, 0.05) is 25.4 Å². The van der Waals surface area contributed by atoms with Gasteiger partial charge in [-0.2, -0.15) is 8.42 Å². The summed E-state index contributed by atoms with van der Waals surface area (Å²) in [5.74, 6) is 0. The van der Waals surface area contributed by atoms with Crippen molar-refractivity contribution in [3.8, 4) is 0 Å². The Labute approximate surface area is 135 Å². The van der Waals surface area contributed by atoms with Crippen LogP contribution in [-0.4, -0.2) is 34.1 Å². The lowest BCUT2D eigenvalue weighted by Gasteiger charge is -2.06. The molecule has 2 rings (SSSR count). The lowest BCUT2D eigenvalue weighted by atomic mass is 10.2. The molecule has 0 radical (unpaired) electrons. The Morgan fingerprint density at radius 3 is 2.36 bits per heavy atom. The fraction of sp³-hybridized carbons (Fsp3) is 0.400. The van der Waals surface area contributed by atoms with Crippen LogP contribution in [0.4, 0.5) is 5.13 Å². The van der Waals surface area contributed by atoms with E-state index in [0.717, 1.165) is 21.3 Å². The van der Waals surface area contributed by atoms with E-state index in [9.17, 15) is 8.42 Å². The number of anilines is 1. The lowest BCUT2D eigenvalue weighted by Crippen LogP contribution is -2.10. The second kappa shape index (κ2) is 6.76. The second-order valence-corrected chi connectivity index (χ2v) is 8.03. The van der Waals surface area contributed by atoms with Crippen molar-refractivity contribution in [1.29, 1.82) is 0 Å². The van der Waals surface area contributed by atoms with Crippen molar-refractivity contribution in [3.63, 3.8) is 0 Å². The number of nitrogens with zero attached hydrogens (tertiary/aromatic N) is 2. The van der Waals surface area contributed by atoms with Crippen molar-refractivity contribution in [2.75, 3.05) is 25.6 Å². The van der Waals surface area contributed by atoms with E-state index in [0.29, 0.717) is 6.42 Å². The van der Waals surface area contributed by atoms with E-state index in [4.69, 9.17) is 4.18 Å². The van der Waals surface area contributed by atoms with Gasteiger partial charge in [-0.05, 0) is 26.0 Å². The Kier molecular flexibility index (Phi) is 5.20. The van der Waals surface area contributed by atoms with E-state index < -0.39 is 10.1 Å². The summed E-state index contributed by atoms with van der Waals surface area (Å²) in [6.45, 7) is 3.98. The number of aryl methyl sites for hydroxylation is 2. The van der Waals surface area contributed by atoms with Crippen molar-refractivity contribution in [2.24, 2.45) is 0 Å². The Hall–Kier alpha value is -1.44. The van der Waals surface area contributed by atoms with Crippen LogP contribution < -0.4 is 4.90 Å². The Balaban J connectivity index is 1.99. The molecule has 0 aliphatic rings. The van der Waals surface area contributed by atoms with E-state index >= 15 is 0 Å². The van der Waals surface area contributed by atoms with Crippen LogP contribution in [0, 0.1) is 13.8 Å². The summed E-state index contributed by atoms with van der Waals surface area (Å²) in [7, 11) is 0.158. The Morgan fingerprint density at radius 2 is 1.82 bits per heavy atom. The minimum absolute atomic E-state index is 0.0909. The first kappa shape index (κ1) is 16.9. The molecule has 7 heteroatoms. The van der Waals surface area contributed by atoms with E-state index in [1.807, 2.05) is 32.8 Å². The van der Waals surface area contributed by atoms with Crippen molar-refractivity contribution < 1.29 is 12.6 Å². The van der Waals surface area contributed by atoms with Gasteiger partial charge in [-0.25, -0.2) is 4.98 Å². The quantitative estimate of drug-likeness (QED) is 0.757. The molecule has 2 aromatic rings. The maximum atomic E-state index is 12.1. The molecule has 0 bridgehead atoms. The predicted octanol–water partition coefficient (Wildman–Crippen LogP) is 2.77. The van der Waals surface area contributed by atoms with Crippen LogP contribution in [0.3, 0.4) is 0 Å². The highest BCUT2D eigenvalue weighted by atomic mass is 32.2. The molecule has 0 saturated heterocycles. The van der Waals surface area contributed by atoms with E-state index in [-0.39, 0.29) is 11.5 Å². The summed E-state index contributed by atoms with van der Waals surface area (Å²) < 4.78 is 29.3. The van der Waals surface area contributed by atoms with Crippen LogP contribution in [-0.2, 0) is 20.7 Å². The van der Waals surface area contributed by atoms with Crippen LogP contribution in [0.15, 0.2) is 29.2 Å². The standard InChI is InChI=1S/C15H20N2O3S2/c1-11-5-7-13(8-6-11)22(18,19)20-10-9-14-12(2)21-15(16-14)17(3)4/h5-8H,9-10H2,1-4H3. The molecule has 1 aromatic carbocycles. The number of thiazole rings is 1. The smallest absolute Gasteiger partial charge is 0.296 e. The monoisotopic (exact) mass is 340 g/mol. The van der Waals surface area contributed by atoms with Crippen LogP contribution in [0.2, 0.25) is 0 Å². The molecule has 1 aromatic heterocycles. The van der Waals surface area contributed by atoms with Crippen LogP contribution in [0.5, 0.6) is 0 Å². The molecule has 22 heavy (non-hydrogen) atoms. The first-order valence-electron chi connectivity index (χ1n) is 6.89. The van der Waals surface area contributed by atoms with Crippen molar-refractivity contribution in [2.45, 2.75) is 25.2 Å². The summed E-state index contributed by atoms with van der Waals surface area (Å²) in [6.07, 6.45) is 0.473. The number of hydrogen-bond acceptors (Lipinski definition) is 6. The van der Waals surface area contributed by atoms with E-state index in [1.165, 1.54) is 0 Å². The molecule has 0 atom stereocenters. The Bertz CT molecular complexity index is 735. The normalized spacial score (nSPS) is 11.6. The molecule has 0 fully saturated rings. The largest absolute Gasteiger partial charge is 0.354 e. The first-order chi connectivity index (χ1) is 10.3. The highest BCUT2D eigenvalue weighted by Crippen LogP contribution is 2.24. The van der Waals surface area contributed by atoms with Crippen LogP contribution in [0.1, 0.15) is 16.1 Å². The zero-order chi connectivity index (χ0) is 16.3. The average Bonchev–Trinajstić information content (AvgIpc) is 2.81. The van der Waals surface area contributed by atoms with Crippen molar-refractivity contribution >= 4 is 26.6 Å².